The van der Waals surface area contributed by atoms with Gasteiger partial charge in [-0.3, -0.25) is 4.79 Å². The summed E-state index contributed by atoms with van der Waals surface area (Å²) in [4.78, 5) is 12.5. The van der Waals surface area contributed by atoms with Gasteiger partial charge in [-0.1, -0.05) is 18.2 Å². The fourth-order valence-corrected chi connectivity index (χ4v) is 3.55. The van der Waals surface area contributed by atoms with Crippen LogP contribution in [0.25, 0.3) is 11.3 Å². The minimum absolute atomic E-state index is 0.0461. The molecule has 2 aromatic carbocycles. The van der Waals surface area contributed by atoms with Gasteiger partial charge in [0.2, 0.25) is 0 Å². The van der Waals surface area contributed by atoms with Gasteiger partial charge in [0.1, 0.15) is 12.0 Å². The number of amides is 1. The summed E-state index contributed by atoms with van der Waals surface area (Å²) in [6.07, 6.45) is 4.00. The van der Waals surface area contributed by atoms with Gasteiger partial charge in [0, 0.05) is 11.3 Å². The molecule has 26 heavy (non-hydrogen) atoms. The molecule has 0 saturated carbocycles. The lowest BCUT2D eigenvalue weighted by Gasteiger charge is -2.07. The molecule has 3 aromatic rings. The quantitative estimate of drug-likeness (QED) is 0.719. The number of aryl methyl sites for hydroxylation is 1. The van der Waals surface area contributed by atoms with Gasteiger partial charge in [-0.15, -0.1) is 0 Å². The number of nitrogens with zero attached hydrogens (tertiary/aromatic N) is 2. The molecular formula is C21H21FN3O+. The highest BCUT2D eigenvalue weighted by Crippen LogP contribution is 2.25. The van der Waals surface area contributed by atoms with E-state index in [4.69, 9.17) is 0 Å². The van der Waals surface area contributed by atoms with Crippen molar-refractivity contribution in [3.05, 3.63) is 71.9 Å². The summed E-state index contributed by atoms with van der Waals surface area (Å²) in [6, 6.07) is 14.3. The van der Waals surface area contributed by atoms with Crippen LogP contribution in [0.15, 0.2) is 54.7 Å². The molecule has 1 N–H and O–H groups in total. The molecule has 1 amide bonds. The lowest BCUT2D eigenvalue weighted by atomic mass is 10.1. The van der Waals surface area contributed by atoms with E-state index >= 15 is 0 Å². The highest BCUT2D eigenvalue weighted by molar-refractivity contribution is 5.90. The predicted octanol–water partition coefficient (Wildman–Crippen LogP) is 3.48. The van der Waals surface area contributed by atoms with E-state index in [0.29, 0.717) is 0 Å². The molecule has 0 aliphatic carbocycles. The van der Waals surface area contributed by atoms with E-state index in [-0.39, 0.29) is 18.3 Å². The number of imidazole rings is 1. The molecule has 0 spiro atoms. The summed E-state index contributed by atoms with van der Waals surface area (Å²) < 4.78 is 17.5. The fraction of sp³-hybridized carbons (Fsp3) is 0.238. The summed E-state index contributed by atoms with van der Waals surface area (Å²) in [5.74, 6) is 0.854. The maximum Gasteiger partial charge on any atom is 0.266 e. The highest BCUT2D eigenvalue weighted by Gasteiger charge is 2.29. The summed E-state index contributed by atoms with van der Waals surface area (Å²) in [6.45, 7) is 3.17. The number of hydrogen-bond donors (Lipinski definition) is 1. The minimum atomic E-state index is -0.243. The van der Waals surface area contributed by atoms with Crippen LogP contribution in [0.3, 0.4) is 0 Å². The van der Waals surface area contributed by atoms with Gasteiger partial charge < -0.3 is 5.32 Å². The smallest absolute Gasteiger partial charge is 0.266 e. The number of carbonyl (C=O) groups is 1. The van der Waals surface area contributed by atoms with E-state index in [1.165, 1.54) is 12.1 Å². The molecule has 0 unspecified atom stereocenters. The first kappa shape index (κ1) is 16.5. The van der Waals surface area contributed by atoms with Gasteiger partial charge in [0.15, 0.2) is 12.2 Å². The first-order valence-electron chi connectivity index (χ1n) is 8.85. The largest absolute Gasteiger partial charge is 0.322 e. The Kier molecular flexibility index (Phi) is 4.29. The van der Waals surface area contributed by atoms with Crippen LogP contribution in [0.2, 0.25) is 0 Å². The van der Waals surface area contributed by atoms with Crippen molar-refractivity contribution in [3.63, 3.8) is 0 Å². The molecule has 4 rings (SSSR count). The third kappa shape index (κ3) is 3.12. The van der Waals surface area contributed by atoms with Crippen molar-refractivity contribution in [3.8, 4) is 11.3 Å². The normalized spacial score (nSPS) is 12.8. The molecule has 4 nitrogen and oxygen atoms in total. The van der Waals surface area contributed by atoms with E-state index < -0.39 is 0 Å². The zero-order valence-corrected chi connectivity index (χ0v) is 14.7. The van der Waals surface area contributed by atoms with Crippen molar-refractivity contribution in [2.24, 2.45) is 0 Å². The molecule has 0 radical (unpaired) electrons. The van der Waals surface area contributed by atoms with Crippen molar-refractivity contribution in [1.29, 1.82) is 0 Å². The van der Waals surface area contributed by atoms with E-state index in [9.17, 15) is 9.18 Å². The second kappa shape index (κ2) is 6.75. The number of benzene rings is 2. The van der Waals surface area contributed by atoms with Crippen LogP contribution in [0, 0.1) is 12.7 Å². The Hall–Kier alpha value is -2.95. The average Bonchev–Trinajstić information content (AvgIpc) is 3.22. The van der Waals surface area contributed by atoms with Crippen LogP contribution in [-0.2, 0) is 24.3 Å². The Morgan fingerprint density at radius 3 is 2.73 bits per heavy atom. The molecule has 1 aromatic heterocycles. The summed E-state index contributed by atoms with van der Waals surface area (Å²) >= 11 is 0. The number of fused-ring (bicyclic) bond motifs is 1. The maximum atomic E-state index is 13.2. The number of carbonyl (C=O) groups excluding carboxylic acids is 1. The maximum absolute atomic E-state index is 13.2. The van der Waals surface area contributed by atoms with Crippen LogP contribution in [0.5, 0.6) is 0 Å². The molecule has 0 atom stereocenters. The second-order valence-corrected chi connectivity index (χ2v) is 6.68. The van der Waals surface area contributed by atoms with Gasteiger partial charge in [-0.05, 0) is 49.2 Å². The third-order valence-electron chi connectivity index (χ3n) is 4.87. The number of hydrogen-bond acceptors (Lipinski definition) is 1. The molecule has 0 fully saturated rings. The Labute approximate surface area is 151 Å². The Bertz CT molecular complexity index is 960. The number of aromatic nitrogens is 2. The van der Waals surface area contributed by atoms with E-state index in [1.54, 1.807) is 12.1 Å². The first-order chi connectivity index (χ1) is 12.6. The van der Waals surface area contributed by atoms with Crippen molar-refractivity contribution in [2.45, 2.75) is 32.9 Å². The predicted molar refractivity (Wildman–Crippen MR) is 98.2 cm³/mol. The molecule has 1 aliphatic rings. The van der Waals surface area contributed by atoms with Crippen molar-refractivity contribution in [2.75, 3.05) is 5.32 Å². The second-order valence-electron chi connectivity index (χ2n) is 6.68. The number of rotatable bonds is 4. The molecule has 0 saturated heterocycles. The highest BCUT2D eigenvalue weighted by atomic mass is 19.1. The molecule has 2 heterocycles. The molecule has 0 bridgehead atoms. The SMILES string of the molecule is Cc1ccccc1NC(=O)C[n+]1cc(-c2ccc(F)cc2)n2c1CCC2. The molecule has 5 heteroatoms. The van der Waals surface area contributed by atoms with Crippen molar-refractivity contribution in [1.82, 2.24) is 4.57 Å². The topological polar surface area (TPSA) is 37.9 Å². The average molecular weight is 350 g/mol. The summed E-state index contributed by atoms with van der Waals surface area (Å²) in [7, 11) is 0. The van der Waals surface area contributed by atoms with Crippen LogP contribution < -0.4 is 9.88 Å². The number of para-hydroxylation sites is 1. The van der Waals surface area contributed by atoms with Gasteiger partial charge >= 0.3 is 0 Å². The third-order valence-corrected chi connectivity index (χ3v) is 4.87. The minimum Gasteiger partial charge on any atom is -0.322 e. The first-order valence-corrected chi connectivity index (χ1v) is 8.85. The van der Waals surface area contributed by atoms with Gasteiger partial charge in [0.05, 0.1) is 13.0 Å². The van der Waals surface area contributed by atoms with Crippen LogP contribution in [-0.4, -0.2) is 10.5 Å². The summed E-state index contributed by atoms with van der Waals surface area (Å²) in [5.41, 5.74) is 3.88. The Balaban J connectivity index is 1.59. The van der Waals surface area contributed by atoms with Gasteiger partial charge in [-0.2, -0.15) is 0 Å². The number of nitrogens with one attached hydrogen (secondary N) is 1. The van der Waals surface area contributed by atoms with Crippen molar-refractivity contribution >= 4 is 11.6 Å². The lowest BCUT2D eigenvalue weighted by Crippen LogP contribution is -2.42. The zero-order valence-electron chi connectivity index (χ0n) is 14.7. The van der Waals surface area contributed by atoms with Gasteiger partial charge in [0.25, 0.3) is 11.7 Å². The molecular weight excluding hydrogens is 329 g/mol. The van der Waals surface area contributed by atoms with E-state index in [0.717, 1.165) is 47.7 Å². The number of halogens is 1. The van der Waals surface area contributed by atoms with Crippen LogP contribution in [0.4, 0.5) is 10.1 Å². The zero-order chi connectivity index (χ0) is 18.1. The molecule has 132 valence electrons. The monoisotopic (exact) mass is 350 g/mol. The van der Waals surface area contributed by atoms with E-state index in [2.05, 4.69) is 9.88 Å². The van der Waals surface area contributed by atoms with Crippen LogP contribution >= 0.6 is 0 Å². The Morgan fingerprint density at radius 2 is 1.96 bits per heavy atom. The Morgan fingerprint density at radius 1 is 1.19 bits per heavy atom. The lowest BCUT2D eigenvalue weighted by molar-refractivity contribution is -0.690. The number of anilines is 1. The summed E-state index contributed by atoms with van der Waals surface area (Å²) in [5, 5.41) is 2.99. The van der Waals surface area contributed by atoms with Crippen LogP contribution in [0.1, 0.15) is 17.8 Å². The van der Waals surface area contributed by atoms with E-state index in [1.807, 2.05) is 42.0 Å². The van der Waals surface area contributed by atoms with Crippen molar-refractivity contribution < 1.29 is 13.8 Å². The standard InChI is InChI=1S/C21H20FN3O/c1-15-5-2-3-6-18(15)23-20(26)14-24-13-19(25-12-4-7-21(24)25)16-8-10-17(22)11-9-16/h2-3,5-6,8-11,13H,4,7,12,14H2,1H3/p+1. The fourth-order valence-electron chi connectivity index (χ4n) is 3.55. The van der Waals surface area contributed by atoms with Gasteiger partial charge in [-0.25, -0.2) is 13.5 Å². The molecule has 1 aliphatic heterocycles.